The van der Waals surface area contributed by atoms with Gasteiger partial charge in [0.15, 0.2) is 0 Å². The molecule has 21 heavy (non-hydrogen) atoms. The first-order chi connectivity index (χ1) is 10.1. The van der Waals surface area contributed by atoms with Gasteiger partial charge in [0.25, 0.3) is 5.91 Å². The summed E-state index contributed by atoms with van der Waals surface area (Å²) in [6, 6.07) is 10.1. The van der Waals surface area contributed by atoms with E-state index in [1.807, 2.05) is 0 Å². The number of aromatic nitrogens is 1. The van der Waals surface area contributed by atoms with Gasteiger partial charge in [0.2, 0.25) is 5.91 Å². The summed E-state index contributed by atoms with van der Waals surface area (Å²) < 4.78 is 0. The maximum absolute atomic E-state index is 12.1. The van der Waals surface area contributed by atoms with Gasteiger partial charge in [-0.05, 0) is 36.4 Å². The third-order valence-electron chi connectivity index (χ3n) is 2.75. The first-order valence-corrected chi connectivity index (χ1v) is 6.42. The normalized spacial score (nSPS) is 10.0. The Labute approximate surface area is 122 Å². The summed E-state index contributed by atoms with van der Waals surface area (Å²) in [4.78, 5) is 27.1. The highest BCUT2D eigenvalue weighted by atomic mass is 16.2. The third-order valence-corrected chi connectivity index (χ3v) is 2.75. The monoisotopic (exact) mass is 284 g/mol. The average molecular weight is 284 g/mol. The Morgan fingerprint density at radius 1 is 1.10 bits per heavy atom. The van der Waals surface area contributed by atoms with Crippen molar-refractivity contribution in [1.29, 1.82) is 0 Å². The van der Waals surface area contributed by atoms with Gasteiger partial charge < -0.3 is 16.4 Å². The van der Waals surface area contributed by atoms with Crippen molar-refractivity contribution >= 4 is 23.2 Å². The molecule has 6 heteroatoms. The highest BCUT2D eigenvalue weighted by Gasteiger charge is 2.07. The first-order valence-electron chi connectivity index (χ1n) is 6.42. The van der Waals surface area contributed by atoms with E-state index in [0.29, 0.717) is 22.6 Å². The molecule has 0 saturated carbocycles. The Hall–Kier alpha value is -2.73. The minimum atomic E-state index is -0.237. The molecule has 108 valence electrons. The Balaban J connectivity index is 2.06. The second-order valence-electron chi connectivity index (χ2n) is 4.45. The lowest BCUT2D eigenvalue weighted by molar-refractivity contribution is -0.114. The van der Waals surface area contributed by atoms with Crippen molar-refractivity contribution in [1.82, 2.24) is 4.98 Å². The molecule has 6 nitrogen and oxygen atoms in total. The molecule has 0 spiro atoms. The van der Waals surface area contributed by atoms with Gasteiger partial charge in [-0.25, -0.2) is 0 Å². The lowest BCUT2D eigenvalue weighted by Crippen LogP contribution is -2.13. The van der Waals surface area contributed by atoms with Crippen molar-refractivity contribution < 1.29 is 9.59 Å². The largest absolute Gasteiger partial charge is 0.326 e. The molecule has 2 rings (SSSR count). The zero-order valence-corrected chi connectivity index (χ0v) is 11.6. The van der Waals surface area contributed by atoms with Crippen LogP contribution in [0.2, 0.25) is 0 Å². The Morgan fingerprint density at radius 2 is 1.71 bits per heavy atom. The van der Waals surface area contributed by atoms with Crippen LogP contribution in [0.3, 0.4) is 0 Å². The van der Waals surface area contributed by atoms with Crippen LogP contribution in [0.5, 0.6) is 0 Å². The van der Waals surface area contributed by atoms with Crippen molar-refractivity contribution in [3.05, 3.63) is 53.9 Å². The summed E-state index contributed by atoms with van der Waals surface area (Å²) in [6.45, 7) is 1.72. The van der Waals surface area contributed by atoms with Crippen molar-refractivity contribution in [2.24, 2.45) is 5.73 Å². The summed E-state index contributed by atoms with van der Waals surface area (Å²) >= 11 is 0. The van der Waals surface area contributed by atoms with Crippen LogP contribution in [0, 0.1) is 0 Å². The molecule has 4 N–H and O–H groups in total. The van der Waals surface area contributed by atoms with E-state index in [1.165, 1.54) is 6.92 Å². The zero-order valence-electron chi connectivity index (χ0n) is 11.6. The SMILES string of the molecule is CC(=O)Nc1ccc(NC(=O)c2ccnc(CN)c2)cc1. The van der Waals surface area contributed by atoms with E-state index in [1.54, 1.807) is 42.6 Å². The van der Waals surface area contributed by atoms with Crippen LogP contribution in [-0.2, 0) is 11.3 Å². The van der Waals surface area contributed by atoms with E-state index in [2.05, 4.69) is 15.6 Å². The second-order valence-corrected chi connectivity index (χ2v) is 4.45. The minimum absolute atomic E-state index is 0.141. The van der Waals surface area contributed by atoms with Gasteiger partial charge in [-0.2, -0.15) is 0 Å². The van der Waals surface area contributed by atoms with Crippen LogP contribution in [0.25, 0.3) is 0 Å². The number of anilines is 2. The smallest absolute Gasteiger partial charge is 0.255 e. The van der Waals surface area contributed by atoms with Gasteiger partial charge in [-0.3, -0.25) is 14.6 Å². The number of benzene rings is 1. The van der Waals surface area contributed by atoms with E-state index >= 15 is 0 Å². The fourth-order valence-corrected chi connectivity index (χ4v) is 1.77. The number of hydrogen-bond acceptors (Lipinski definition) is 4. The number of nitrogens with zero attached hydrogens (tertiary/aromatic N) is 1. The molecule has 2 aromatic rings. The number of hydrogen-bond donors (Lipinski definition) is 3. The van der Waals surface area contributed by atoms with Crippen LogP contribution in [-0.4, -0.2) is 16.8 Å². The third kappa shape index (κ3) is 4.12. The predicted octanol–water partition coefficient (Wildman–Crippen LogP) is 1.75. The molecule has 0 atom stereocenters. The van der Waals surface area contributed by atoms with Gasteiger partial charge in [0.1, 0.15) is 0 Å². The molecule has 0 bridgehead atoms. The Morgan fingerprint density at radius 3 is 2.29 bits per heavy atom. The quantitative estimate of drug-likeness (QED) is 0.796. The van der Waals surface area contributed by atoms with Crippen LogP contribution < -0.4 is 16.4 Å². The zero-order chi connectivity index (χ0) is 15.2. The van der Waals surface area contributed by atoms with Crippen LogP contribution in [0.1, 0.15) is 23.0 Å². The van der Waals surface area contributed by atoms with Gasteiger partial charge in [0, 0.05) is 36.6 Å². The van der Waals surface area contributed by atoms with Gasteiger partial charge in [-0.15, -0.1) is 0 Å². The predicted molar refractivity (Wildman–Crippen MR) is 80.8 cm³/mol. The molecule has 0 aliphatic carbocycles. The molecule has 0 aliphatic rings. The highest BCUT2D eigenvalue weighted by Crippen LogP contribution is 2.14. The van der Waals surface area contributed by atoms with Crippen LogP contribution in [0.4, 0.5) is 11.4 Å². The van der Waals surface area contributed by atoms with Gasteiger partial charge in [-0.1, -0.05) is 0 Å². The topological polar surface area (TPSA) is 97.1 Å². The van der Waals surface area contributed by atoms with Crippen molar-refractivity contribution in [3.63, 3.8) is 0 Å². The van der Waals surface area contributed by atoms with E-state index in [-0.39, 0.29) is 18.4 Å². The van der Waals surface area contributed by atoms with E-state index < -0.39 is 0 Å². The van der Waals surface area contributed by atoms with E-state index in [4.69, 9.17) is 5.73 Å². The van der Waals surface area contributed by atoms with Crippen molar-refractivity contribution in [3.8, 4) is 0 Å². The molecule has 0 fully saturated rings. The fourth-order valence-electron chi connectivity index (χ4n) is 1.77. The summed E-state index contributed by atoms with van der Waals surface area (Å²) in [7, 11) is 0. The number of carbonyl (C=O) groups excluding carboxylic acids is 2. The standard InChI is InChI=1S/C15H16N4O2/c1-10(20)18-12-2-4-13(5-3-12)19-15(21)11-6-7-17-14(8-11)9-16/h2-8H,9,16H2,1H3,(H,18,20)(H,19,21). The molecule has 0 saturated heterocycles. The van der Waals surface area contributed by atoms with E-state index in [9.17, 15) is 9.59 Å². The number of rotatable bonds is 4. The maximum Gasteiger partial charge on any atom is 0.255 e. The number of amides is 2. The second kappa shape index (κ2) is 6.62. The fraction of sp³-hybridized carbons (Fsp3) is 0.133. The van der Waals surface area contributed by atoms with Crippen LogP contribution in [0.15, 0.2) is 42.6 Å². The highest BCUT2D eigenvalue weighted by molar-refractivity contribution is 6.04. The Bertz CT molecular complexity index is 653. The maximum atomic E-state index is 12.1. The van der Waals surface area contributed by atoms with Crippen LogP contribution >= 0.6 is 0 Å². The lowest BCUT2D eigenvalue weighted by atomic mass is 10.2. The molecule has 1 heterocycles. The summed E-state index contributed by atoms with van der Waals surface area (Å²) in [6.07, 6.45) is 1.55. The average Bonchev–Trinajstić information content (AvgIpc) is 2.49. The summed E-state index contributed by atoms with van der Waals surface area (Å²) in [5, 5.41) is 5.43. The van der Waals surface area contributed by atoms with Gasteiger partial charge in [0.05, 0.1) is 5.69 Å². The van der Waals surface area contributed by atoms with Gasteiger partial charge >= 0.3 is 0 Å². The molecule has 2 amide bonds. The molecule has 0 unspecified atom stereocenters. The van der Waals surface area contributed by atoms with Crippen molar-refractivity contribution in [2.75, 3.05) is 10.6 Å². The molecule has 1 aromatic carbocycles. The summed E-state index contributed by atoms with van der Waals surface area (Å²) in [5.74, 6) is -0.378. The molecule has 0 aliphatic heterocycles. The number of pyridine rings is 1. The molecular formula is C15H16N4O2. The molecular weight excluding hydrogens is 268 g/mol. The molecule has 1 aromatic heterocycles. The lowest BCUT2D eigenvalue weighted by Gasteiger charge is -2.07. The minimum Gasteiger partial charge on any atom is -0.326 e. The first kappa shape index (κ1) is 14.7. The Kier molecular flexibility index (Phi) is 4.63. The molecule has 0 radical (unpaired) electrons. The summed E-state index contributed by atoms with van der Waals surface area (Å²) in [5.41, 5.74) is 7.97. The van der Waals surface area contributed by atoms with Crippen molar-refractivity contribution in [2.45, 2.75) is 13.5 Å². The number of nitrogens with one attached hydrogen (secondary N) is 2. The number of carbonyl (C=O) groups is 2. The van der Waals surface area contributed by atoms with E-state index in [0.717, 1.165) is 0 Å². The number of nitrogens with two attached hydrogens (primary N) is 1.